The number of hydrogen-bond acceptors (Lipinski definition) is 8. The number of fused-ring (bicyclic) bond motifs is 1. The highest BCUT2D eigenvalue weighted by molar-refractivity contribution is 7.93. The van der Waals surface area contributed by atoms with Crippen LogP contribution in [0.4, 0.5) is 24.8 Å². The Kier molecular flexibility index (Phi) is 6.44. The minimum Gasteiger partial charge on any atom is -0.366 e. The molecule has 0 unspecified atom stereocenters. The zero-order valence-corrected chi connectivity index (χ0v) is 20.5. The van der Waals surface area contributed by atoms with Gasteiger partial charge in [-0.1, -0.05) is 55.5 Å². The molecule has 3 aromatic heterocycles. The first-order valence-electron chi connectivity index (χ1n) is 11.3. The first-order valence-corrected chi connectivity index (χ1v) is 12.8. The molecule has 0 aliphatic carbocycles. The third-order valence-electron chi connectivity index (χ3n) is 5.64. The van der Waals surface area contributed by atoms with Crippen LogP contribution >= 0.6 is 0 Å². The maximum absolute atomic E-state index is 12.8. The summed E-state index contributed by atoms with van der Waals surface area (Å²) in [6.45, 7) is 2.23. The number of benzene rings is 2. The van der Waals surface area contributed by atoms with Gasteiger partial charge >= 0.3 is 15.5 Å². The van der Waals surface area contributed by atoms with Crippen molar-refractivity contribution in [3.8, 4) is 22.5 Å². The number of aromatic nitrogens is 7. The second-order valence-electron chi connectivity index (χ2n) is 8.17. The Morgan fingerprint density at radius 1 is 1.03 bits per heavy atom. The zero-order valence-electron chi connectivity index (χ0n) is 19.7. The van der Waals surface area contributed by atoms with Gasteiger partial charge in [0.15, 0.2) is 11.5 Å². The number of nitrogens with zero attached hydrogens (tertiary/aromatic N) is 6. The SMILES string of the molecule is CCc1cc(NCc2ccc(-c3ccccc3-c3nn[nH]n3)cc2)n2nc(NS(=O)(=O)C(F)(F)F)cc2n1. The Labute approximate surface area is 214 Å². The monoisotopic (exact) mass is 543 g/mol. The van der Waals surface area contributed by atoms with E-state index in [1.807, 2.05) is 55.5 Å². The van der Waals surface area contributed by atoms with Crippen LogP contribution in [0, 0.1) is 0 Å². The molecule has 38 heavy (non-hydrogen) atoms. The third kappa shape index (κ3) is 5.00. The maximum atomic E-state index is 12.8. The van der Waals surface area contributed by atoms with Crippen LogP contribution in [-0.4, -0.2) is 49.1 Å². The van der Waals surface area contributed by atoms with Gasteiger partial charge in [-0.25, -0.2) is 4.98 Å². The molecule has 0 fully saturated rings. The van der Waals surface area contributed by atoms with Gasteiger partial charge in [0, 0.05) is 29.9 Å². The van der Waals surface area contributed by atoms with Gasteiger partial charge in [-0.15, -0.1) is 15.3 Å². The average Bonchev–Trinajstić information content (AvgIpc) is 3.56. The fraction of sp³-hybridized carbons (Fsp3) is 0.174. The van der Waals surface area contributed by atoms with Crippen LogP contribution in [0.15, 0.2) is 60.7 Å². The molecule has 3 heterocycles. The standard InChI is InChI=1S/C23H20F3N9O2S/c1-2-16-11-20(35-21(28-16)12-19(31-35)32-38(36,37)23(24,25)26)27-13-14-7-9-15(10-8-14)17-5-3-4-6-18(17)22-29-33-34-30-22/h3-12,27H,2,13H2,1H3,(H,31,32)(H,29,30,33,34). The lowest BCUT2D eigenvalue weighted by molar-refractivity contribution is -0.0429. The number of alkyl halides is 3. The number of anilines is 2. The van der Waals surface area contributed by atoms with Crippen molar-refractivity contribution in [3.63, 3.8) is 0 Å². The molecule has 0 bridgehead atoms. The predicted molar refractivity (Wildman–Crippen MR) is 133 cm³/mol. The summed E-state index contributed by atoms with van der Waals surface area (Å²) < 4.78 is 64.1. The Morgan fingerprint density at radius 2 is 1.76 bits per heavy atom. The normalized spacial score (nSPS) is 12.1. The molecular weight excluding hydrogens is 523 g/mol. The summed E-state index contributed by atoms with van der Waals surface area (Å²) in [4.78, 5) is 4.32. The summed E-state index contributed by atoms with van der Waals surface area (Å²) >= 11 is 0. The molecule has 5 aromatic rings. The molecule has 0 amide bonds. The van der Waals surface area contributed by atoms with Crippen molar-refractivity contribution in [2.24, 2.45) is 0 Å². The molecule has 0 aliphatic heterocycles. The van der Waals surface area contributed by atoms with Gasteiger partial charge < -0.3 is 5.32 Å². The van der Waals surface area contributed by atoms with Crippen molar-refractivity contribution in [2.45, 2.75) is 25.4 Å². The van der Waals surface area contributed by atoms with E-state index in [-0.39, 0.29) is 5.65 Å². The fourth-order valence-corrected chi connectivity index (χ4v) is 4.27. The molecule has 15 heteroatoms. The van der Waals surface area contributed by atoms with E-state index in [0.29, 0.717) is 30.3 Å². The molecule has 5 rings (SSSR count). The second kappa shape index (κ2) is 9.74. The average molecular weight is 544 g/mol. The molecular formula is C23H20F3N9O2S. The van der Waals surface area contributed by atoms with Gasteiger partial charge in [-0.05, 0) is 28.3 Å². The number of halogens is 3. The molecule has 3 N–H and O–H groups in total. The van der Waals surface area contributed by atoms with Gasteiger partial charge in [0.1, 0.15) is 5.82 Å². The first-order chi connectivity index (χ1) is 18.1. The molecule has 0 spiro atoms. The lowest BCUT2D eigenvalue weighted by Crippen LogP contribution is -2.30. The number of nitrogens with one attached hydrogen (secondary N) is 3. The lowest BCUT2D eigenvalue weighted by Gasteiger charge is -2.11. The number of tetrazole rings is 1. The number of aryl methyl sites for hydroxylation is 1. The van der Waals surface area contributed by atoms with Gasteiger partial charge in [0.05, 0.1) is 0 Å². The zero-order chi connectivity index (χ0) is 26.9. The van der Waals surface area contributed by atoms with Crippen LogP contribution in [0.25, 0.3) is 28.2 Å². The van der Waals surface area contributed by atoms with Crippen molar-refractivity contribution < 1.29 is 21.6 Å². The maximum Gasteiger partial charge on any atom is 0.516 e. The first kappa shape index (κ1) is 25.1. The Hall–Kier alpha value is -4.53. The molecule has 2 aromatic carbocycles. The highest BCUT2D eigenvalue weighted by Gasteiger charge is 2.46. The fourth-order valence-electron chi connectivity index (χ4n) is 3.78. The van der Waals surface area contributed by atoms with E-state index >= 15 is 0 Å². The molecule has 0 atom stereocenters. The summed E-state index contributed by atoms with van der Waals surface area (Å²) in [6.07, 6.45) is 0.550. The topological polar surface area (TPSA) is 143 Å². The summed E-state index contributed by atoms with van der Waals surface area (Å²) in [5, 5.41) is 21.4. The van der Waals surface area contributed by atoms with E-state index in [9.17, 15) is 21.6 Å². The van der Waals surface area contributed by atoms with Crippen LogP contribution in [0.2, 0.25) is 0 Å². The summed E-state index contributed by atoms with van der Waals surface area (Å²) in [5.41, 5.74) is -0.999. The van der Waals surface area contributed by atoms with E-state index in [1.54, 1.807) is 6.07 Å². The predicted octanol–water partition coefficient (Wildman–Crippen LogP) is 4.01. The number of aromatic amines is 1. The van der Waals surface area contributed by atoms with Crippen molar-refractivity contribution in [1.29, 1.82) is 0 Å². The summed E-state index contributed by atoms with van der Waals surface area (Å²) in [5.74, 6) is 0.433. The Balaban J connectivity index is 1.38. The van der Waals surface area contributed by atoms with Gasteiger partial charge in [-0.2, -0.15) is 31.3 Å². The van der Waals surface area contributed by atoms with Crippen molar-refractivity contribution in [3.05, 3.63) is 71.9 Å². The van der Waals surface area contributed by atoms with E-state index in [1.165, 1.54) is 9.24 Å². The highest BCUT2D eigenvalue weighted by Crippen LogP contribution is 2.30. The largest absolute Gasteiger partial charge is 0.516 e. The minimum absolute atomic E-state index is 0.195. The lowest BCUT2D eigenvalue weighted by atomic mass is 9.98. The van der Waals surface area contributed by atoms with Gasteiger partial charge in [0.25, 0.3) is 0 Å². The van der Waals surface area contributed by atoms with Crippen LogP contribution < -0.4 is 10.0 Å². The molecule has 0 saturated carbocycles. The quantitative estimate of drug-likeness (QED) is 0.266. The van der Waals surface area contributed by atoms with Gasteiger partial charge in [0.2, 0.25) is 5.82 Å². The molecule has 0 radical (unpaired) electrons. The third-order valence-corrected chi connectivity index (χ3v) is 6.73. The smallest absolute Gasteiger partial charge is 0.366 e. The van der Waals surface area contributed by atoms with Gasteiger partial charge in [-0.3, -0.25) is 4.72 Å². The Morgan fingerprint density at radius 3 is 2.42 bits per heavy atom. The number of hydrogen-bond donors (Lipinski definition) is 3. The second-order valence-corrected chi connectivity index (χ2v) is 9.84. The molecule has 11 nitrogen and oxygen atoms in total. The van der Waals surface area contributed by atoms with E-state index in [4.69, 9.17) is 0 Å². The Bertz CT molecular complexity index is 1680. The highest BCUT2D eigenvalue weighted by atomic mass is 32.2. The number of rotatable bonds is 8. The summed E-state index contributed by atoms with van der Waals surface area (Å²) in [7, 11) is -5.61. The molecule has 196 valence electrons. The van der Waals surface area contributed by atoms with Crippen molar-refractivity contribution in [1.82, 2.24) is 35.2 Å². The minimum atomic E-state index is -5.61. The van der Waals surface area contributed by atoms with Crippen molar-refractivity contribution in [2.75, 3.05) is 10.0 Å². The van der Waals surface area contributed by atoms with E-state index in [2.05, 4.69) is 36.0 Å². The molecule has 0 saturated heterocycles. The van der Waals surface area contributed by atoms with Crippen LogP contribution in [0.5, 0.6) is 0 Å². The van der Waals surface area contributed by atoms with E-state index < -0.39 is 21.3 Å². The van der Waals surface area contributed by atoms with Crippen LogP contribution in [-0.2, 0) is 23.0 Å². The summed E-state index contributed by atoms with van der Waals surface area (Å²) in [6, 6.07) is 18.3. The van der Waals surface area contributed by atoms with Crippen molar-refractivity contribution >= 4 is 27.3 Å². The van der Waals surface area contributed by atoms with Crippen LogP contribution in [0.3, 0.4) is 0 Å². The number of sulfonamides is 1. The number of H-pyrrole nitrogens is 1. The van der Waals surface area contributed by atoms with Crippen LogP contribution in [0.1, 0.15) is 18.2 Å². The van der Waals surface area contributed by atoms with E-state index in [0.717, 1.165) is 28.3 Å². The molecule has 0 aliphatic rings.